The Kier molecular flexibility index (Phi) is 5.14. The summed E-state index contributed by atoms with van der Waals surface area (Å²) in [7, 11) is 4.08. The molecule has 4 unspecified atom stereocenters. The first-order chi connectivity index (χ1) is 7.47. The minimum Gasteiger partial charge on any atom is -0.313 e. The van der Waals surface area contributed by atoms with E-state index in [1.807, 2.05) is 7.05 Å². The Morgan fingerprint density at radius 1 is 1.38 bits per heavy atom. The van der Waals surface area contributed by atoms with Crippen molar-refractivity contribution >= 4 is 0 Å². The van der Waals surface area contributed by atoms with Crippen molar-refractivity contribution in [1.29, 1.82) is 0 Å². The molecule has 0 bridgehead atoms. The van der Waals surface area contributed by atoms with E-state index < -0.39 is 0 Å². The topological polar surface area (TPSA) is 65.3 Å². The molecule has 1 heterocycles. The molecule has 0 aromatic rings. The first-order valence-electron chi connectivity index (χ1n) is 6.11. The number of rotatable bonds is 4. The van der Waals surface area contributed by atoms with E-state index in [0.717, 1.165) is 6.54 Å². The summed E-state index contributed by atoms with van der Waals surface area (Å²) in [5.41, 5.74) is 5.93. The molecule has 0 saturated carbocycles. The number of likely N-dealkylation sites (N-methyl/N-ethyl adjacent to an activating group) is 2. The summed E-state index contributed by atoms with van der Waals surface area (Å²) in [5, 5.41) is 10.0. The van der Waals surface area contributed by atoms with Crippen LogP contribution in [0.2, 0.25) is 0 Å². The second-order valence-electron chi connectivity index (χ2n) is 5.03. The third-order valence-corrected chi connectivity index (χ3v) is 3.69. The fraction of sp³-hybridized carbons (Fsp3) is 1.00. The van der Waals surface area contributed by atoms with Gasteiger partial charge in [0.2, 0.25) is 0 Å². The molecular weight excluding hydrogens is 202 g/mol. The van der Waals surface area contributed by atoms with Gasteiger partial charge in [-0.1, -0.05) is 13.8 Å². The van der Waals surface area contributed by atoms with Crippen LogP contribution in [0.5, 0.6) is 0 Å². The Balaban J connectivity index is 2.54. The second kappa shape index (κ2) is 5.93. The highest BCUT2D eigenvalue weighted by atomic mass is 15.4. The quantitative estimate of drug-likeness (QED) is 0.514. The Morgan fingerprint density at radius 2 is 2.00 bits per heavy atom. The molecular formula is C11H27N5. The SMILES string of the molecule is CNC1NC(N(C)C(C)C(C)C)CNC1N. The lowest BCUT2D eigenvalue weighted by molar-refractivity contribution is 0.0772. The normalized spacial score (nSPS) is 33.4. The molecule has 1 saturated heterocycles. The maximum Gasteiger partial charge on any atom is 0.0874 e. The summed E-state index contributed by atoms with van der Waals surface area (Å²) in [6.07, 6.45) is 0.430. The van der Waals surface area contributed by atoms with Crippen molar-refractivity contribution in [2.45, 2.75) is 45.3 Å². The first kappa shape index (κ1) is 13.9. The first-order valence-corrected chi connectivity index (χ1v) is 6.11. The highest BCUT2D eigenvalue weighted by molar-refractivity contribution is 4.87. The molecule has 0 radical (unpaired) electrons. The Labute approximate surface area is 99.1 Å². The zero-order valence-electron chi connectivity index (χ0n) is 11.1. The van der Waals surface area contributed by atoms with E-state index in [-0.39, 0.29) is 12.3 Å². The third-order valence-electron chi connectivity index (χ3n) is 3.69. The van der Waals surface area contributed by atoms with Crippen LogP contribution in [0.15, 0.2) is 0 Å². The molecule has 5 N–H and O–H groups in total. The molecule has 0 aromatic heterocycles. The fourth-order valence-electron chi connectivity index (χ4n) is 2.01. The maximum absolute atomic E-state index is 5.93. The van der Waals surface area contributed by atoms with Crippen LogP contribution in [-0.2, 0) is 0 Å². The van der Waals surface area contributed by atoms with Crippen LogP contribution < -0.4 is 21.7 Å². The second-order valence-corrected chi connectivity index (χ2v) is 5.03. The highest BCUT2D eigenvalue weighted by Gasteiger charge is 2.30. The van der Waals surface area contributed by atoms with Crippen molar-refractivity contribution in [1.82, 2.24) is 20.9 Å². The summed E-state index contributed by atoms with van der Waals surface area (Å²) in [4.78, 5) is 2.37. The standard InChI is InChI=1S/C11H27N5/c1-7(2)8(3)16(5)9-6-14-10(12)11(13-4)15-9/h7-11,13-15H,6,12H2,1-5H3. The molecule has 1 fully saturated rings. The predicted molar refractivity (Wildman–Crippen MR) is 67.8 cm³/mol. The van der Waals surface area contributed by atoms with Crippen LogP contribution in [0.25, 0.3) is 0 Å². The van der Waals surface area contributed by atoms with Gasteiger partial charge in [-0.2, -0.15) is 0 Å². The van der Waals surface area contributed by atoms with Crippen LogP contribution in [0.1, 0.15) is 20.8 Å². The van der Waals surface area contributed by atoms with E-state index in [9.17, 15) is 0 Å². The molecule has 0 amide bonds. The van der Waals surface area contributed by atoms with Gasteiger partial charge in [0.15, 0.2) is 0 Å². The lowest BCUT2D eigenvalue weighted by Crippen LogP contribution is -2.72. The van der Waals surface area contributed by atoms with Gasteiger partial charge in [-0.25, -0.2) is 0 Å². The molecule has 1 aliphatic rings. The van der Waals surface area contributed by atoms with Crippen LogP contribution >= 0.6 is 0 Å². The molecule has 96 valence electrons. The molecule has 4 atom stereocenters. The van der Waals surface area contributed by atoms with Crippen molar-refractivity contribution in [3.8, 4) is 0 Å². The molecule has 0 spiro atoms. The number of nitrogens with one attached hydrogen (secondary N) is 3. The highest BCUT2D eigenvalue weighted by Crippen LogP contribution is 2.11. The summed E-state index contributed by atoms with van der Waals surface area (Å²) in [6, 6.07) is 0.547. The van der Waals surface area contributed by atoms with Crippen LogP contribution in [0, 0.1) is 5.92 Å². The van der Waals surface area contributed by atoms with Crippen molar-refractivity contribution in [2.24, 2.45) is 11.7 Å². The molecule has 0 aromatic carbocycles. The number of hydrogen-bond acceptors (Lipinski definition) is 5. The van der Waals surface area contributed by atoms with Crippen LogP contribution in [0.3, 0.4) is 0 Å². The summed E-state index contributed by atoms with van der Waals surface area (Å²) < 4.78 is 0. The van der Waals surface area contributed by atoms with E-state index in [1.165, 1.54) is 0 Å². The average molecular weight is 229 g/mol. The van der Waals surface area contributed by atoms with Gasteiger partial charge in [-0.15, -0.1) is 0 Å². The van der Waals surface area contributed by atoms with Gasteiger partial charge >= 0.3 is 0 Å². The van der Waals surface area contributed by atoms with Crippen molar-refractivity contribution in [3.05, 3.63) is 0 Å². The van der Waals surface area contributed by atoms with Crippen LogP contribution in [0.4, 0.5) is 0 Å². The minimum atomic E-state index is -0.0241. The fourth-order valence-corrected chi connectivity index (χ4v) is 2.01. The van der Waals surface area contributed by atoms with Crippen LogP contribution in [-0.4, -0.2) is 50.1 Å². The van der Waals surface area contributed by atoms with Gasteiger partial charge in [0.25, 0.3) is 0 Å². The van der Waals surface area contributed by atoms with Gasteiger partial charge in [0, 0.05) is 12.6 Å². The summed E-state index contributed by atoms with van der Waals surface area (Å²) in [5.74, 6) is 0.649. The molecule has 5 nitrogen and oxygen atoms in total. The Bertz CT molecular complexity index is 209. The number of hydrogen-bond donors (Lipinski definition) is 4. The van der Waals surface area contributed by atoms with Crippen molar-refractivity contribution in [3.63, 3.8) is 0 Å². The van der Waals surface area contributed by atoms with Crippen molar-refractivity contribution in [2.75, 3.05) is 20.6 Å². The smallest absolute Gasteiger partial charge is 0.0874 e. The molecule has 16 heavy (non-hydrogen) atoms. The van der Waals surface area contributed by atoms with E-state index in [4.69, 9.17) is 5.73 Å². The Hall–Kier alpha value is -0.200. The van der Waals surface area contributed by atoms with Gasteiger partial charge in [-0.3, -0.25) is 15.5 Å². The largest absolute Gasteiger partial charge is 0.313 e. The third kappa shape index (κ3) is 3.15. The zero-order chi connectivity index (χ0) is 12.3. The minimum absolute atomic E-state index is 0.0241. The number of piperazine rings is 1. The van der Waals surface area contributed by atoms with E-state index in [0.29, 0.717) is 18.1 Å². The summed E-state index contributed by atoms with van der Waals surface area (Å²) >= 11 is 0. The molecule has 1 rings (SSSR count). The Morgan fingerprint density at radius 3 is 2.50 bits per heavy atom. The van der Waals surface area contributed by atoms with Crippen molar-refractivity contribution < 1.29 is 0 Å². The van der Waals surface area contributed by atoms with Gasteiger partial charge in [0.1, 0.15) is 0 Å². The zero-order valence-corrected chi connectivity index (χ0v) is 11.1. The summed E-state index contributed by atoms with van der Waals surface area (Å²) in [6.45, 7) is 7.64. The monoisotopic (exact) mass is 229 g/mol. The number of nitrogens with zero attached hydrogens (tertiary/aromatic N) is 1. The van der Waals surface area contributed by atoms with E-state index in [1.54, 1.807) is 0 Å². The average Bonchev–Trinajstić information content (AvgIpc) is 2.27. The van der Waals surface area contributed by atoms with E-state index in [2.05, 4.69) is 48.7 Å². The maximum atomic E-state index is 5.93. The van der Waals surface area contributed by atoms with Gasteiger partial charge < -0.3 is 11.1 Å². The van der Waals surface area contributed by atoms with Gasteiger partial charge in [0.05, 0.1) is 18.5 Å². The number of nitrogens with two attached hydrogens (primary N) is 1. The predicted octanol–water partition coefficient (Wildman–Crippen LogP) is -0.688. The molecule has 1 aliphatic heterocycles. The van der Waals surface area contributed by atoms with Gasteiger partial charge in [-0.05, 0) is 26.9 Å². The molecule has 5 heteroatoms. The lowest BCUT2D eigenvalue weighted by atomic mass is 10.0. The van der Waals surface area contributed by atoms with E-state index >= 15 is 0 Å². The molecule has 0 aliphatic carbocycles. The lowest BCUT2D eigenvalue weighted by Gasteiger charge is -2.43.